The van der Waals surface area contributed by atoms with Gasteiger partial charge >= 0.3 is 5.97 Å². The Morgan fingerprint density at radius 2 is 2.07 bits per heavy atom. The van der Waals surface area contributed by atoms with Crippen LogP contribution in [0.15, 0.2) is 42.6 Å². The van der Waals surface area contributed by atoms with Crippen molar-refractivity contribution in [3.8, 4) is 11.8 Å². The van der Waals surface area contributed by atoms with Gasteiger partial charge in [-0.3, -0.25) is 0 Å². The number of carbonyl (C=O) groups is 1. The van der Waals surface area contributed by atoms with E-state index < -0.39 is 5.97 Å². The molecule has 0 saturated carbocycles. The molecule has 10 heteroatoms. The van der Waals surface area contributed by atoms with E-state index in [-0.39, 0.29) is 30.2 Å². The number of rotatable bonds is 7. The highest BCUT2D eigenvalue weighted by molar-refractivity contribution is 5.87. The Bertz CT molecular complexity index is 1000. The van der Waals surface area contributed by atoms with Gasteiger partial charge in [-0.05, 0) is 37.3 Å². The van der Waals surface area contributed by atoms with E-state index in [1.54, 1.807) is 31.3 Å². The van der Waals surface area contributed by atoms with Gasteiger partial charge in [-0.25, -0.2) is 13.9 Å². The number of carbonyl (C=O) groups excluding carboxylic acids is 1. The summed E-state index contributed by atoms with van der Waals surface area (Å²) in [7, 11) is 0. The maximum Gasteiger partial charge on any atom is 0.358 e. The molecule has 0 radical (unpaired) electrons. The molecule has 2 aromatic heterocycles. The van der Waals surface area contributed by atoms with Crippen molar-refractivity contribution < 1.29 is 23.4 Å². The lowest BCUT2D eigenvalue weighted by atomic mass is 10.3. The summed E-state index contributed by atoms with van der Waals surface area (Å²) in [5.41, 5.74) is 0.781. The van der Waals surface area contributed by atoms with Crippen LogP contribution in [-0.4, -0.2) is 51.6 Å². The quantitative estimate of drug-likeness (QED) is 0.605. The average molecular weight is 399 g/mol. The SMILES string of the molecule is CCOC(=O)c1ccn(-c2nc(Nc3ccc(F)cc3)cc(OC3COC3)n2)n1. The number of aromatic nitrogens is 4. The van der Waals surface area contributed by atoms with Crippen LogP contribution in [0.4, 0.5) is 15.9 Å². The number of nitrogens with zero attached hydrogens (tertiary/aromatic N) is 4. The van der Waals surface area contributed by atoms with E-state index in [0.29, 0.717) is 30.6 Å². The minimum absolute atomic E-state index is 0.0934. The molecule has 0 atom stereocenters. The molecule has 1 aliphatic heterocycles. The predicted molar refractivity (Wildman–Crippen MR) is 100 cm³/mol. The molecular weight excluding hydrogens is 381 g/mol. The molecule has 29 heavy (non-hydrogen) atoms. The smallest absolute Gasteiger partial charge is 0.358 e. The summed E-state index contributed by atoms with van der Waals surface area (Å²) in [4.78, 5) is 20.6. The van der Waals surface area contributed by atoms with Crippen molar-refractivity contribution in [3.05, 3.63) is 54.1 Å². The fourth-order valence-corrected chi connectivity index (χ4v) is 2.52. The highest BCUT2D eigenvalue weighted by Gasteiger charge is 2.22. The van der Waals surface area contributed by atoms with Crippen LogP contribution in [0.3, 0.4) is 0 Å². The third kappa shape index (κ3) is 4.49. The van der Waals surface area contributed by atoms with Crippen molar-refractivity contribution in [3.63, 3.8) is 0 Å². The lowest BCUT2D eigenvalue weighted by Gasteiger charge is -2.26. The molecule has 1 N–H and O–H groups in total. The van der Waals surface area contributed by atoms with Crippen molar-refractivity contribution in [1.29, 1.82) is 0 Å². The maximum atomic E-state index is 13.2. The Morgan fingerprint density at radius 1 is 1.28 bits per heavy atom. The number of nitrogens with one attached hydrogen (secondary N) is 1. The number of halogens is 1. The zero-order chi connectivity index (χ0) is 20.2. The first kappa shape index (κ1) is 18.8. The van der Waals surface area contributed by atoms with E-state index in [9.17, 15) is 9.18 Å². The van der Waals surface area contributed by atoms with Crippen LogP contribution >= 0.6 is 0 Å². The highest BCUT2D eigenvalue weighted by Crippen LogP contribution is 2.22. The second-order valence-corrected chi connectivity index (χ2v) is 6.17. The zero-order valence-electron chi connectivity index (χ0n) is 15.5. The normalized spacial score (nSPS) is 13.6. The Labute approximate surface area is 165 Å². The van der Waals surface area contributed by atoms with E-state index >= 15 is 0 Å². The molecule has 0 bridgehead atoms. The fraction of sp³-hybridized carbons (Fsp3) is 0.263. The van der Waals surface area contributed by atoms with Gasteiger partial charge in [0.1, 0.15) is 17.7 Å². The van der Waals surface area contributed by atoms with Gasteiger partial charge in [0, 0.05) is 18.0 Å². The van der Waals surface area contributed by atoms with Gasteiger partial charge in [0.25, 0.3) is 5.95 Å². The standard InChI is InChI=1S/C19H18FN5O4/c1-2-28-18(26)15-7-8-25(24-15)19-22-16(21-13-5-3-12(20)4-6-13)9-17(23-19)29-14-10-27-11-14/h3-9,14H,2,10-11H2,1H3,(H,21,22,23). The number of ether oxygens (including phenoxy) is 3. The van der Waals surface area contributed by atoms with E-state index in [1.807, 2.05) is 0 Å². The van der Waals surface area contributed by atoms with Crippen molar-refractivity contribution in [2.75, 3.05) is 25.1 Å². The Kier molecular flexibility index (Phi) is 5.34. The summed E-state index contributed by atoms with van der Waals surface area (Å²) in [5.74, 6) is 0.0694. The van der Waals surface area contributed by atoms with E-state index in [2.05, 4.69) is 20.4 Å². The predicted octanol–water partition coefficient (Wildman–Crippen LogP) is 2.50. The molecule has 1 aromatic carbocycles. The lowest BCUT2D eigenvalue weighted by molar-refractivity contribution is -0.0813. The first-order valence-corrected chi connectivity index (χ1v) is 9.00. The topological polar surface area (TPSA) is 100 Å². The number of anilines is 2. The molecule has 1 saturated heterocycles. The van der Waals surface area contributed by atoms with Gasteiger partial charge in [0.05, 0.1) is 19.8 Å². The molecule has 9 nitrogen and oxygen atoms in total. The van der Waals surface area contributed by atoms with Gasteiger partial charge in [-0.15, -0.1) is 0 Å². The zero-order valence-corrected chi connectivity index (χ0v) is 15.5. The maximum absolute atomic E-state index is 13.2. The molecule has 0 spiro atoms. The minimum atomic E-state index is -0.532. The third-order valence-corrected chi connectivity index (χ3v) is 3.98. The number of hydrogen-bond acceptors (Lipinski definition) is 8. The average Bonchev–Trinajstić information content (AvgIpc) is 3.17. The molecule has 3 aromatic rings. The molecule has 4 rings (SSSR count). The van der Waals surface area contributed by atoms with Crippen molar-refractivity contribution in [1.82, 2.24) is 19.7 Å². The molecule has 0 aliphatic carbocycles. The van der Waals surface area contributed by atoms with E-state index in [0.717, 1.165) is 0 Å². The number of esters is 1. The molecule has 1 fully saturated rings. The molecule has 0 unspecified atom stereocenters. The van der Waals surface area contributed by atoms with Crippen molar-refractivity contribution in [2.24, 2.45) is 0 Å². The highest BCUT2D eigenvalue weighted by atomic mass is 19.1. The van der Waals surface area contributed by atoms with Crippen LogP contribution < -0.4 is 10.1 Å². The van der Waals surface area contributed by atoms with Crippen molar-refractivity contribution in [2.45, 2.75) is 13.0 Å². The summed E-state index contributed by atoms with van der Waals surface area (Å²) >= 11 is 0. The summed E-state index contributed by atoms with van der Waals surface area (Å²) in [6.45, 7) is 2.93. The van der Waals surface area contributed by atoms with E-state index in [4.69, 9.17) is 14.2 Å². The summed E-state index contributed by atoms with van der Waals surface area (Å²) in [5, 5.41) is 7.25. The Hall–Kier alpha value is -3.53. The molecule has 1 aliphatic rings. The van der Waals surface area contributed by atoms with E-state index in [1.165, 1.54) is 22.9 Å². The minimum Gasteiger partial charge on any atom is -0.469 e. The first-order valence-electron chi connectivity index (χ1n) is 9.00. The summed E-state index contributed by atoms with van der Waals surface area (Å²) in [6.07, 6.45) is 1.46. The van der Waals surface area contributed by atoms with Crippen LogP contribution in [-0.2, 0) is 9.47 Å². The summed E-state index contributed by atoms with van der Waals surface area (Å²) < 4.78 is 30.4. The third-order valence-electron chi connectivity index (χ3n) is 3.98. The van der Waals surface area contributed by atoms with Gasteiger partial charge in [-0.2, -0.15) is 15.1 Å². The Morgan fingerprint density at radius 3 is 2.76 bits per heavy atom. The fourth-order valence-electron chi connectivity index (χ4n) is 2.52. The van der Waals surface area contributed by atoms with Crippen LogP contribution in [0, 0.1) is 5.82 Å². The largest absolute Gasteiger partial charge is 0.469 e. The molecule has 150 valence electrons. The number of hydrogen-bond donors (Lipinski definition) is 1. The first-order chi connectivity index (χ1) is 14.1. The number of benzene rings is 1. The molecule has 3 heterocycles. The van der Waals surface area contributed by atoms with Crippen molar-refractivity contribution >= 4 is 17.5 Å². The summed E-state index contributed by atoms with van der Waals surface area (Å²) in [6, 6.07) is 9.00. The van der Waals surface area contributed by atoms with Gasteiger partial charge in [0.2, 0.25) is 5.88 Å². The lowest BCUT2D eigenvalue weighted by Crippen LogP contribution is -2.38. The second kappa shape index (κ2) is 8.23. The van der Waals surface area contributed by atoms with Gasteiger partial charge in [0.15, 0.2) is 5.69 Å². The van der Waals surface area contributed by atoms with Gasteiger partial charge < -0.3 is 19.5 Å². The second-order valence-electron chi connectivity index (χ2n) is 6.17. The van der Waals surface area contributed by atoms with Crippen LogP contribution in [0.25, 0.3) is 5.95 Å². The molecule has 0 amide bonds. The van der Waals surface area contributed by atoms with Crippen LogP contribution in [0.2, 0.25) is 0 Å². The Balaban J connectivity index is 1.63. The van der Waals surface area contributed by atoms with Crippen LogP contribution in [0.5, 0.6) is 5.88 Å². The molecular formula is C19H18FN5O4. The van der Waals surface area contributed by atoms with Gasteiger partial charge in [-0.1, -0.05) is 0 Å². The van der Waals surface area contributed by atoms with Crippen LogP contribution in [0.1, 0.15) is 17.4 Å². The monoisotopic (exact) mass is 399 g/mol.